The van der Waals surface area contributed by atoms with Crippen molar-refractivity contribution >= 4 is 27.5 Å². The van der Waals surface area contributed by atoms with E-state index in [1.54, 1.807) is 30.7 Å². The Hall–Kier alpha value is -2.74. The molecule has 27 heavy (non-hydrogen) atoms. The third-order valence-electron chi connectivity index (χ3n) is 4.25. The van der Waals surface area contributed by atoms with Crippen molar-refractivity contribution < 1.29 is 4.79 Å². The van der Waals surface area contributed by atoms with E-state index in [1.807, 2.05) is 32.0 Å². The van der Waals surface area contributed by atoms with Crippen molar-refractivity contribution in [1.29, 1.82) is 0 Å². The van der Waals surface area contributed by atoms with Crippen LogP contribution in [0.15, 0.2) is 39.6 Å². The molecule has 1 amide bonds. The van der Waals surface area contributed by atoms with E-state index in [2.05, 4.69) is 31.3 Å². The summed E-state index contributed by atoms with van der Waals surface area (Å²) in [6.45, 7) is 7.08. The van der Waals surface area contributed by atoms with Gasteiger partial charge in [-0.15, -0.1) is 0 Å². The Kier molecular flexibility index (Phi) is 5.27. The fourth-order valence-corrected chi connectivity index (χ4v) is 3.02. The molecule has 0 atom stereocenters. The van der Waals surface area contributed by atoms with Crippen molar-refractivity contribution in [1.82, 2.24) is 19.3 Å². The van der Waals surface area contributed by atoms with Gasteiger partial charge in [0.2, 0.25) is 11.9 Å². The summed E-state index contributed by atoms with van der Waals surface area (Å²) in [6, 6.07) is 9.13. The van der Waals surface area contributed by atoms with Gasteiger partial charge in [0.25, 0.3) is 5.56 Å². The molecule has 2 aromatic heterocycles. The summed E-state index contributed by atoms with van der Waals surface area (Å²) in [5.74, 6) is 0.0203. The number of aryl methyl sites for hydroxylation is 3. The van der Waals surface area contributed by atoms with Crippen LogP contribution in [0.25, 0.3) is 5.95 Å². The number of aromatic nitrogens is 4. The maximum Gasteiger partial charge on any atom is 0.258 e. The third kappa shape index (κ3) is 4.00. The van der Waals surface area contributed by atoms with Crippen LogP contribution in [0.3, 0.4) is 0 Å². The SMILES string of the molecule is Cc1cc(C)n(-c2nc(C)c(C)c(=O)n2CC(=O)Nc2ccc(Br)cc2)n1. The molecule has 0 spiro atoms. The smallest absolute Gasteiger partial charge is 0.258 e. The summed E-state index contributed by atoms with van der Waals surface area (Å²) in [6.07, 6.45) is 0. The molecule has 0 aliphatic carbocycles. The highest BCUT2D eigenvalue weighted by molar-refractivity contribution is 9.10. The van der Waals surface area contributed by atoms with Crippen LogP contribution in [0.4, 0.5) is 5.69 Å². The molecule has 0 unspecified atom stereocenters. The number of nitrogens with one attached hydrogen (secondary N) is 1. The van der Waals surface area contributed by atoms with Gasteiger partial charge in [0.15, 0.2) is 0 Å². The molecule has 1 aromatic carbocycles. The summed E-state index contributed by atoms with van der Waals surface area (Å²) in [5.41, 5.74) is 3.18. The number of halogens is 1. The summed E-state index contributed by atoms with van der Waals surface area (Å²) < 4.78 is 3.87. The van der Waals surface area contributed by atoms with Crippen LogP contribution >= 0.6 is 15.9 Å². The van der Waals surface area contributed by atoms with Crippen LogP contribution in [0.5, 0.6) is 0 Å². The molecule has 0 fully saturated rings. The minimum absolute atomic E-state index is 0.156. The maximum atomic E-state index is 12.8. The average molecular weight is 430 g/mol. The summed E-state index contributed by atoms with van der Waals surface area (Å²) in [7, 11) is 0. The molecule has 140 valence electrons. The molecule has 3 aromatic rings. The quantitative estimate of drug-likeness (QED) is 0.690. The number of benzene rings is 1. The second-order valence-electron chi connectivity index (χ2n) is 6.41. The number of anilines is 1. The molecule has 8 heteroatoms. The van der Waals surface area contributed by atoms with Gasteiger partial charge in [-0.1, -0.05) is 15.9 Å². The number of carbonyl (C=O) groups is 1. The van der Waals surface area contributed by atoms with E-state index < -0.39 is 0 Å². The van der Waals surface area contributed by atoms with E-state index in [0.717, 1.165) is 15.9 Å². The van der Waals surface area contributed by atoms with E-state index in [4.69, 9.17) is 0 Å². The lowest BCUT2D eigenvalue weighted by Gasteiger charge is -2.15. The first kappa shape index (κ1) is 19.0. The van der Waals surface area contributed by atoms with Crippen LogP contribution in [-0.2, 0) is 11.3 Å². The average Bonchev–Trinajstić information content (AvgIpc) is 2.95. The molecule has 0 saturated heterocycles. The second kappa shape index (κ2) is 7.48. The lowest BCUT2D eigenvalue weighted by atomic mass is 10.2. The van der Waals surface area contributed by atoms with Crippen molar-refractivity contribution in [3.8, 4) is 5.95 Å². The topological polar surface area (TPSA) is 81.8 Å². The Labute approximate surface area is 165 Å². The first-order valence-corrected chi connectivity index (χ1v) is 9.22. The van der Waals surface area contributed by atoms with Crippen molar-refractivity contribution in [3.05, 3.63) is 67.8 Å². The Bertz CT molecular complexity index is 1070. The van der Waals surface area contributed by atoms with Crippen LogP contribution < -0.4 is 10.9 Å². The highest BCUT2D eigenvalue weighted by Gasteiger charge is 2.18. The molecule has 7 nitrogen and oxygen atoms in total. The standard InChI is InChI=1S/C19H20BrN5O2/c1-11-9-12(2)25(23-11)19-21-14(4)13(3)18(27)24(19)10-17(26)22-16-7-5-15(20)6-8-16/h5-9H,10H2,1-4H3,(H,22,26). The predicted octanol–water partition coefficient (Wildman–Crippen LogP) is 3.06. The number of rotatable bonds is 4. The third-order valence-corrected chi connectivity index (χ3v) is 4.78. The van der Waals surface area contributed by atoms with Gasteiger partial charge in [0, 0.05) is 27.1 Å². The van der Waals surface area contributed by atoms with Gasteiger partial charge < -0.3 is 5.32 Å². The van der Waals surface area contributed by atoms with Crippen molar-refractivity contribution in [3.63, 3.8) is 0 Å². The van der Waals surface area contributed by atoms with Crippen molar-refractivity contribution in [2.45, 2.75) is 34.2 Å². The van der Waals surface area contributed by atoms with E-state index in [1.165, 1.54) is 4.57 Å². The zero-order chi connectivity index (χ0) is 19.7. The Morgan fingerprint density at radius 2 is 1.81 bits per heavy atom. The van der Waals surface area contributed by atoms with E-state index in [9.17, 15) is 9.59 Å². The minimum atomic E-state index is -0.313. The number of hydrogen-bond acceptors (Lipinski definition) is 4. The van der Waals surface area contributed by atoms with E-state index >= 15 is 0 Å². The highest BCUT2D eigenvalue weighted by atomic mass is 79.9. The number of nitrogens with zero attached hydrogens (tertiary/aromatic N) is 4. The van der Waals surface area contributed by atoms with Gasteiger partial charge in [0.05, 0.1) is 5.69 Å². The Morgan fingerprint density at radius 1 is 1.15 bits per heavy atom. The summed E-state index contributed by atoms with van der Waals surface area (Å²) in [4.78, 5) is 29.9. The van der Waals surface area contributed by atoms with E-state index in [-0.39, 0.29) is 18.0 Å². The van der Waals surface area contributed by atoms with Crippen molar-refractivity contribution in [2.75, 3.05) is 5.32 Å². The fraction of sp³-hybridized carbons (Fsp3) is 0.263. The lowest BCUT2D eigenvalue weighted by molar-refractivity contribution is -0.116. The minimum Gasteiger partial charge on any atom is -0.325 e. The molecular weight excluding hydrogens is 410 g/mol. The van der Waals surface area contributed by atoms with E-state index in [0.29, 0.717) is 22.9 Å². The van der Waals surface area contributed by atoms with Crippen LogP contribution in [-0.4, -0.2) is 25.2 Å². The molecule has 1 N–H and O–H groups in total. The van der Waals surface area contributed by atoms with Crippen LogP contribution in [0, 0.1) is 27.7 Å². The molecule has 0 aliphatic heterocycles. The molecule has 0 bridgehead atoms. The predicted molar refractivity (Wildman–Crippen MR) is 107 cm³/mol. The van der Waals surface area contributed by atoms with Gasteiger partial charge in [-0.3, -0.25) is 14.2 Å². The summed E-state index contributed by atoms with van der Waals surface area (Å²) in [5, 5.41) is 7.21. The monoisotopic (exact) mass is 429 g/mol. The maximum absolute atomic E-state index is 12.8. The number of carbonyl (C=O) groups excluding carboxylic acids is 1. The zero-order valence-corrected chi connectivity index (χ0v) is 17.2. The van der Waals surface area contributed by atoms with Gasteiger partial charge in [-0.2, -0.15) is 5.10 Å². The van der Waals surface area contributed by atoms with Gasteiger partial charge in [0.1, 0.15) is 6.54 Å². The molecule has 2 heterocycles. The fourth-order valence-electron chi connectivity index (χ4n) is 2.76. The largest absolute Gasteiger partial charge is 0.325 e. The molecule has 3 rings (SSSR count). The first-order chi connectivity index (χ1) is 12.8. The van der Waals surface area contributed by atoms with Gasteiger partial charge in [-0.05, 0) is 58.0 Å². The van der Waals surface area contributed by atoms with Crippen LogP contribution in [0.1, 0.15) is 22.6 Å². The Balaban J connectivity index is 2.00. The summed E-state index contributed by atoms with van der Waals surface area (Å²) >= 11 is 3.36. The first-order valence-electron chi connectivity index (χ1n) is 8.43. The Morgan fingerprint density at radius 3 is 2.41 bits per heavy atom. The molecule has 0 aliphatic rings. The highest BCUT2D eigenvalue weighted by Crippen LogP contribution is 2.15. The number of amides is 1. The molecule has 0 radical (unpaired) electrons. The van der Waals surface area contributed by atoms with Gasteiger partial charge >= 0.3 is 0 Å². The second-order valence-corrected chi connectivity index (χ2v) is 7.32. The van der Waals surface area contributed by atoms with Gasteiger partial charge in [-0.25, -0.2) is 9.67 Å². The lowest BCUT2D eigenvalue weighted by Crippen LogP contribution is -2.33. The molecule has 0 saturated carbocycles. The van der Waals surface area contributed by atoms with Crippen LogP contribution in [0.2, 0.25) is 0 Å². The number of hydrogen-bond donors (Lipinski definition) is 1. The zero-order valence-electron chi connectivity index (χ0n) is 15.6. The normalized spacial score (nSPS) is 10.9. The molecular formula is C19H20BrN5O2. The van der Waals surface area contributed by atoms with Crippen molar-refractivity contribution in [2.24, 2.45) is 0 Å².